The van der Waals surface area contributed by atoms with Crippen molar-refractivity contribution in [3.8, 4) is 0 Å². The molecule has 1 aromatic heterocycles. The van der Waals surface area contributed by atoms with E-state index in [9.17, 15) is 0 Å². The van der Waals surface area contributed by atoms with Gasteiger partial charge in [-0.05, 0) is 37.1 Å². The molecule has 0 bridgehead atoms. The summed E-state index contributed by atoms with van der Waals surface area (Å²) in [6, 6.07) is 12.8. The van der Waals surface area contributed by atoms with Gasteiger partial charge >= 0.3 is 0 Å². The molecule has 3 rings (SSSR count). The first-order valence-corrected chi connectivity index (χ1v) is 7.73. The van der Waals surface area contributed by atoms with Crippen LogP contribution in [0.3, 0.4) is 0 Å². The minimum absolute atomic E-state index is 0.676. The molecule has 0 aliphatic heterocycles. The van der Waals surface area contributed by atoms with E-state index < -0.39 is 0 Å². The number of anilines is 1. The summed E-state index contributed by atoms with van der Waals surface area (Å²) in [5, 5.41) is 4.37. The van der Waals surface area contributed by atoms with Crippen molar-refractivity contribution in [3.05, 3.63) is 58.9 Å². The molecule has 1 saturated carbocycles. The molecular formula is C17H20ClN3. The zero-order chi connectivity index (χ0) is 14.7. The Hall–Kier alpha value is -1.58. The number of nitrogens with one attached hydrogen (secondary N) is 1. The first kappa shape index (κ1) is 14.4. The third-order valence-electron chi connectivity index (χ3n) is 3.78. The van der Waals surface area contributed by atoms with E-state index in [1.807, 2.05) is 36.5 Å². The van der Waals surface area contributed by atoms with Gasteiger partial charge in [0.25, 0.3) is 0 Å². The molecule has 0 spiro atoms. The Kier molecular flexibility index (Phi) is 4.42. The highest BCUT2D eigenvalue weighted by atomic mass is 35.5. The van der Waals surface area contributed by atoms with Crippen molar-refractivity contribution in [1.82, 2.24) is 10.3 Å². The van der Waals surface area contributed by atoms with Crippen LogP contribution in [0.1, 0.15) is 24.1 Å². The zero-order valence-electron chi connectivity index (χ0n) is 12.2. The minimum Gasteiger partial charge on any atom is -0.368 e. The van der Waals surface area contributed by atoms with Gasteiger partial charge in [-0.25, -0.2) is 0 Å². The Morgan fingerprint density at radius 1 is 1.24 bits per heavy atom. The predicted octanol–water partition coefficient (Wildman–Crippen LogP) is 3.62. The number of rotatable bonds is 6. The second kappa shape index (κ2) is 6.46. The van der Waals surface area contributed by atoms with Crippen LogP contribution in [0.25, 0.3) is 0 Å². The summed E-state index contributed by atoms with van der Waals surface area (Å²) >= 11 is 6.40. The quantitative estimate of drug-likeness (QED) is 0.883. The summed E-state index contributed by atoms with van der Waals surface area (Å²) < 4.78 is 0. The molecule has 0 unspecified atom stereocenters. The topological polar surface area (TPSA) is 28.2 Å². The Balaban J connectivity index is 1.77. The Labute approximate surface area is 131 Å². The van der Waals surface area contributed by atoms with Crippen LogP contribution in [0.5, 0.6) is 0 Å². The third kappa shape index (κ3) is 3.74. The summed E-state index contributed by atoms with van der Waals surface area (Å²) in [4.78, 5) is 6.60. The first-order chi connectivity index (χ1) is 10.2. The van der Waals surface area contributed by atoms with E-state index in [0.29, 0.717) is 6.04 Å². The van der Waals surface area contributed by atoms with E-state index >= 15 is 0 Å². The molecule has 4 heteroatoms. The summed E-state index contributed by atoms with van der Waals surface area (Å²) in [5.41, 5.74) is 3.40. The Morgan fingerprint density at radius 2 is 2.10 bits per heavy atom. The van der Waals surface area contributed by atoms with Crippen LogP contribution in [0.2, 0.25) is 5.02 Å². The van der Waals surface area contributed by atoms with Crippen molar-refractivity contribution in [3.63, 3.8) is 0 Å². The molecular weight excluding hydrogens is 282 g/mol. The summed E-state index contributed by atoms with van der Waals surface area (Å²) in [5.74, 6) is 0. The van der Waals surface area contributed by atoms with Gasteiger partial charge in [-0.2, -0.15) is 0 Å². The number of hydrogen-bond acceptors (Lipinski definition) is 3. The van der Waals surface area contributed by atoms with Gasteiger partial charge in [0.1, 0.15) is 0 Å². The molecule has 0 amide bonds. The van der Waals surface area contributed by atoms with Crippen LogP contribution < -0.4 is 10.2 Å². The maximum Gasteiger partial charge on any atom is 0.0598 e. The van der Waals surface area contributed by atoms with Crippen LogP contribution in [-0.2, 0) is 13.1 Å². The van der Waals surface area contributed by atoms with Crippen LogP contribution in [0.4, 0.5) is 5.69 Å². The minimum atomic E-state index is 0.676. The van der Waals surface area contributed by atoms with Gasteiger partial charge in [0.2, 0.25) is 0 Å². The lowest BCUT2D eigenvalue weighted by molar-refractivity contribution is 0.685. The number of aromatic nitrogens is 1. The fourth-order valence-electron chi connectivity index (χ4n) is 2.43. The van der Waals surface area contributed by atoms with Gasteiger partial charge in [-0.1, -0.05) is 23.7 Å². The molecule has 21 heavy (non-hydrogen) atoms. The van der Waals surface area contributed by atoms with Gasteiger partial charge < -0.3 is 10.2 Å². The van der Waals surface area contributed by atoms with Gasteiger partial charge in [-0.3, -0.25) is 4.98 Å². The van der Waals surface area contributed by atoms with Crippen LogP contribution in [0, 0.1) is 0 Å². The lowest BCUT2D eigenvalue weighted by Gasteiger charge is -2.23. The van der Waals surface area contributed by atoms with E-state index in [-0.39, 0.29) is 0 Å². The molecule has 1 aliphatic carbocycles. The van der Waals surface area contributed by atoms with Crippen molar-refractivity contribution in [2.75, 3.05) is 11.9 Å². The van der Waals surface area contributed by atoms with Crippen LogP contribution in [-0.4, -0.2) is 18.1 Å². The number of nitrogens with zero attached hydrogens (tertiary/aromatic N) is 2. The fourth-order valence-corrected chi connectivity index (χ4v) is 2.67. The highest BCUT2D eigenvalue weighted by molar-refractivity contribution is 6.31. The Bertz CT molecular complexity index is 596. The van der Waals surface area contributed by atoms with E-state index in [1.165, 1.54) is 24.1 Å². The number of hydrogen-bond donors (Lipinski definition) is 1. The molecule has 1 aromatic carbocycles. The number of pyridine rings is 1. The smallest absolute Gasteiger partial charge is 0.0598 e. The number of halogens is 1. The zero-order valence-corrected chi connectivity index (χ0v) is 13.0. The highest BCUT2D eigenvalue weighted by Gasteiger charge is 2.21. The maximum absolute atomic E-state index is 6.40. The van der Waals surface area contributed by atoms with E-state index in [4.69, 9.17) is 11.6 Å². The highest BCUT2D eigenvalue weighted by Crippen LogP contribution is 2.29. The molecule has 0 saturated heterocycles. The monoisotopic (exact) mass is 301 g/mol. The lowest BCUT2D eigenvalue weighted by atomic mass is 10.1. The second-order valence-electron chi connectivity index (χ2n) is 5.57. The SMILES string of the molecule is CN(Cc1ccccn1)c1cccc(Cl)c1CNC1CC1. The molecule has 3 nitrogen and oxygen atoms in total. The Morgan fingerprint density at radius 3 is 2.81 bits per heavy atom. The molecule has 1 fully saturated rings. The normalized spacial score (nSPS) is 14.2. The van der Waals surface area contributed by atoms with Gasteiger partial charge in [0, 0.05) is 42.1 Å². The van der Waals surface area contributed by atoms with E-state index in [2.05, 4.69) is 28.3 Å². The van der Waals surface area contributed by atoms with E-state index in [1.54, 1.807) is 0 Å². The number of benzene rings is 1. The maximum atomic E-state index is 6.40. The van der Waals surface area contributed by atoms with E-state index in [0.717, 1.165) is 23.8 Å². The molecule has 2 aromatic rings. The molecule has 0 radical (unpaired) electrons. The van der Waals surface area contributed by atoms with Crippen LogP contribution in [0.15, 0.2) is 42.6 Å². The van der Waals surface area contributed by atoms with Crippen molar-refractivity contribution in [1.29, 1.82) is 0 Å². The molecule has 1 N–H and O–H groups in total. The third-order valence-corrected chi connectivity index (χ3v) is 4.13. The first-order valence-electron chi connectivity index (χ1n) is 7.36. The van der Waals surface area contributed by atoms with Crippen molar-refractivity contribution in [2.24, 2.45) is 0 Å². The fraction of sp³-hybridized carbons (Fsp3) is 0.353. The second-order valence-corrected chi connectivity index (χ2v) is 5.98. The predicted molar refractivity (Wildman–Crippen MR) is 87.7 cm³/mol. The van der Waals surface area contributed by atoms with Crippen molar-refractivity contribution >= 4 is 17.3 Å². The average Bonchev–Trinajstić information content (AvgIpc) is 3.31. The molecule has 110 valence electrons. The molecule has 1 heterocycles. The lowest BCUT2D eigenvalue weighted by Crippen LogP contribution is -2.22. The molecule has 0 atom stereocenters. The van der Waals surface area contributed by atoms with Crippen LogP contribution >= 0.6 is 11.6 Å². The van der Waals surface area contributed by atoms with Gasteiger partial charge in [0.05, 0.1) is 12.2 Å². The van der Waals surface area contributed by atoms with Gasteiger partial charge in [0.15, 0.2) is 0 Å². The van der Waals surface area contributed by atoms with Crippen molar-refractivity contribution < 1.29 is 0 Å². The van der Waals surface area contributed by atoms with Gasteiger partial charge in [-0.15, -0.1) is 0 Å². The summed E-state index contributed by atoms with van der Waals surface area (Å²) in [7, 11) is 2.08. The summed E-state index contributed by atoms with van der Waals surface area (Å²) in [6.45, 7) is 1.60. The average molecular weight is 302 g/mol. The standard InChI is InChI=1S/C17H20ClN3/c1-21(12-14-5-2-3-10-19-14)17-7-4-6-16(18)15(17)11-20-13-8-9-13/h2-7,10,13,20H,8-9,11-12H2,1H3. The molecule has 1 aliphatic rings. The largest absolute Gasteiger partial charge is 0.368 e. The summed E-state index contributed by atoms with van der Waals surface area (Å²) in [6.07, 6.45) is 4.39. The van der Waals surface area contributed by atoms with Crippen molar-refractivity contribution in [2.45, 2.75) is 32.0 Å².